The number of rotatable bonds is 4. The van der Waals surface area contributed by atoms with E-state index in [-0.39, 0.29) is 5.82 Å². The minimum atomic E-state index is -0.0744. The highest BCUT2D eigenvalue weighted by Gasteiger charge is 2.23. The molecule has 0 saturated carbocycles. The average molecular weight is 295 g/mol. The van der Waals surface area contributed by atoms with Gasteiger partial charge in [0, 0.05) is 17.5 Å². The Bertz CT molecular complexity index is 448. The summed E-state index contributed by atoms with van der Waals surface area (Å²) in [6.45, 7) is 1.87. The van der Waals surface area contributed by atoms with Gasteiger partial charge in [0.25, 0.3) is 0 Å². The lowest BCUT2D eigenvalue weighted by Gasteiger charge is -2.28. The Morgan fingerprint density at radius 2 is 2.25 bits per heavy atom. The smallest absolute Gasteiger partial charge is 0.137 e. The third kappa shape index (κ3) is 3.35. The van der Waals surface area contributed by atoms with Gasteiger partial charge in [0.15, 0.2) is 0 Å². The monoisotopic (exact) mass is 295 g/mol. The molecule has 0 aliphatic carbocycles. The average Bonchev–Trinajstić information content (AvgIpc) is 2.49. The predicted molar refractivity (Wildman–Crippen MR) is 80.7 cm³/mol. The molecule has 1 N–H and O–H groups in total. The van der Waals surface area contributed by atoms with E-state index in [1.807, 2.05) is 6.07 Å². The Balaban J connectivity index is 1.55. The number of fused-ring (bicyclic) bond motifs is 1. The zero-order chi connectivity index (χ0) is 13.8. The number of halogens is 1. The Morgan fingerprint density at radius 1 is 1.30 bits per heavy atom. The van der Waals surface area contributed by atoms with E-state index in [9.17, 15) is 4.39 Å². The van der Waals surface area contributed by atoms with Crippen molar-refractivity contribution in [3.05, 3.63) is 29.6 Å². The van der Waals surface area contributed by atoms with E-state index in [4.69, 9.17) is 4.74 Å². The fourth-order valence-electron chi connectivity index (χ4n) is 3.05. The molecular formula is C16H22FNOS. The highest BCUT2D eigenvalue weighted by molar-refractivity contribution is 7.99. The molecule has 0 aromatic heterocycles. The Hall–Kier alpha value is -0.580. The molecule has 1 saturated heterocycles. The van der Waals surface area contributed by atoms with Crippen molar-refractivity contribution >= 4 is 11.8 Å². The molecule has 0 radical (unpaired) electrons. The lowest BCUT2D eigenvalue weighted by atomic mass is 10.0. The minimum absolute atomic E-state index is 0.0744. The van der Waals surface area contributed by atoms with E-state index in [1.165, 1.54) is 19.3 Å². The molecular weight excluding hydrogens is 273 g/mol. The van der Waals surface area contributed by atoms with Crippen LogP contribution in [0.3, 0.4) is 0 Å². The molecule has 1 fully saturated rings. The summed E-state index contributed by atoms with van der Waals surface area (Å²) in [5.74, 6) is 0.917. The van der Waals surface area contributed by atoms with Crippen molar-refractivity contribution in [3.8, 4) is 0 Å². The van der Waals surface area contributed by atoms with Crippen LogP contribution in [0.15, 0.2) is 23.1 Å². The molecule has 1 aromatic carbocycles. The predicted octanol–water partition coefficient (Wildman–Crippen LogP) is 3.91. The fraction of sp³-hybridized carbons (Fsp3) is 0.625. The molecule has 1 aromatic rings. The van der Waals surface area contributed by atoms with Crippen molar-refractivity contribution < 1.29 is 9.13 Å². The van der Waals surface area contributed by atoms with Gasteiger partial charge < -0.3 is 10.1 Å². The Labute approximate surface area is 124 Å². The van der Waals surface area contributed by atoms with E-state index in [0.717, 1.165) is 42.2 Å². The van der Waals surface area contributed by atoms with Gasteiger partial charge >= 0.3 is 0 Å². The van der Waals surface area contributed by atoms with Crippen molar-refractivity contribution in [1.82, 2.24) is 5.32 Å². The van der Waals surface area contributed by atoms with E-state index < -0.39 is 0 Å². The number of nitrogens with one attached hydrogen (secondary N) is 1. The van der Waals surface area contributed by atoms with Crippen molar-refractivity contribution in [2.24, 2.45) is 0 Å². The highest BCUT2D eigenvalue weighted by Crippen LogP contribution is 2.37. The molecule has 2 aliphatic heterocycles. The van der Waals surface area contributed by atoms with E-state index in [2.05, 4.69) is 11.4 Å². The number of ether oxygens (including phenoxy) is 1. The Kier molecular flexibility index (Phi) is 4.97. The van der Waals surface area contributed by atoms with Crippen LogP contribution >= 0.6 is 11.8 Å². The normalized spacial score (nSPS) is 26.2. The molecule has 0 bridgehead atoms. The van der Waals surface area contributed by atoms with Crippen LogP contribution in [0.4, 0.5) is 4.39 Å². The molecule has 2 nitrogen and oxygen atoms in total. The first-order chi connectivity index (χ1) is 9.84. The molecule has 110 valence electrons. The van der Waals surface area contributed by atoms with Crippen LogP contribution < -0.4 is 5.32 Å². The second-order valence-electron chi connectivity index (χ2n) is 5.58. The van der Waals surface area contributed by atoms with Crippen molar-refractivity contribution in [1.29, 1.82) is 0 Å². The highest BCUT2D eigenvalue weighted by atomic mass is 32.2. The van der Waals surface area contributed by atoms with Gasteiger partial charge in [0.2, 0.25) is 0 Å². The molecule has 0 spiro atoms. The van der Waals surface area contributed by atoms with Gasteiger partial charge in [-0.05, 0) is 56.0 Å². The third-order valence-electron chi connectivity index (χ3n) is 4.16. The molecule has 4 heteroatoms. The number of hydrogen-bond donors (Lipinski definition) is 1. The van der Waals surface area contributed by atoms with Crippen molar-refractivity contribution in [2.45, 2.75) is 49.1 Å². The summed E-state index contributed by atoms with van der Waals surface area (Å²) in [7, 11) is 0. The van der Waals surface area contributed by atoms with Crippen LogP contribution in [0.1, 0.15) is 43.7 Å². The lowest BCUT2D eigenvalue weighted by molar-refractivity contribution is 0.0111. The zero-order valence-electron chi connectivity index (χ0n) is 11.7. The molecule has 2 unspecified atom stereocenters. The third-order valence-corrected chi connectivity index (χ3v) is 5.32. The molecule has 3 rings (SSSR count). The molecule has 2 atom stereocenters. The van der Waals surface area contributed by atoms with E-state index in [1.54, 1.807) is 17.8 Å². The van der Waals surface area contributed by atoms with Gasteiger partial charge in [0.05, 0.1) is 6.10 Å². The molecule has 20 heavy (non-hydrogen) atoms. The van der Waals surface area contributed by atoms with Gasteiger partial charge in [-0.1, -0.05) is 12.1 Å². The summed E-state index contributed by atoms with van der Waals surface area (Å²) < 4.78 is 19.5. The summed E-state index contributed by atoms with van der Waals surface area (Å²) in [4.78, 5) is 0.838. The summed E-state index contributed by atoms with van der Waals surface area (Å²) in [5.41, 5.74) is 1.13. The van der Waals surface area contributed by atoms with E-state index in [0.29, 0.717) is 12.1 Å². The number of thioether (sulfide) groups is 1. The largest absolute Gasteiger partial charge is 0.378 e. The van der Waals surface area contributed by atoms with Gasteiger partial charge in [-0.15, -0.1) is 11.8 Å². The maximum atomic E-state index is 13.8. The quantitative estimate of drug-likeness (QED) is 0.910. The van der Waals surface area contributed by atoms with Gasteiger partial charge in [-0.3, -0.25) is 0 Å². The zero-order valence-corrected chi connectivity index (χ0v) is 12.6. The minimum Gasteiger partial charge on any atom is -0.378 e. The van der Waals surface area contributed by atoms with Crippen LogP contribution in [0.25, 0.3) is 0 Å². The second-order valence-corrected chi connectivity index (χ2v) is 6.68. The first-order valence-corrected chi connectivity index (χ1v) is 8.59. The molecule has 2 heterocycles. The first kappa shape index (κ1) is 14.4. The lowest BCUT2D eigenvalue weighted by Crippen LogP contribution is -2.29. The number of hydrogen-bond acceptors (Lipinski definition) is 3. The van der Waals surface area contributed by atoms with Crippen LogP contribution in [-0.4, -0.2) is 25.0 Å². The maximum Gasteiger partial charge on any atom is 0.137 e. The Morgan fingerprint density at radius 3 is 3.10 bits per heavy atom. The summed E-state index contributed by atoms with van der Waals surface area (Å²) >= 11 is 1.64. The van der Waals surface area contributed by atoms with Crippen LogP contribution in [0.2, 0.25) is 0 Å². The molecule has 2 aliphatic rings. The van der Waals surface area contributed by atoms with Crippen LogP contribution in [0.5, 0.6) is 0 Å². The molecule has 0 amide bonds. The topological polar surface area (TPSA) is 21.3 Å². The fourth-order valence-corrected chi connectivity index (χ4v) is 4.19. The van der Waals surface area contributed by atoms with E-state index >= 15 is 0 Å². The van der Waals surface area contributed by atoms with Crippen LogP contribution in [-0.2, 0) is 4.74 Å². The number of benzene rings is 1. The van der Waals surface area contributed by atoms with Gasteiger partial charge in [-0.25, -0.2) is 4.39 Å². The SMILES string of the molecule is Fc1cccc2c1SCCC2NCCC1CCCCO1. The van der Waals surface area contributed by atoms with Crippen LogP contribution in [0, 0.1) is 5.82 Å². The maximum absolute atomic E-state index is 13.8. The summed E-state index contributed by atoms with van der Waals surface area (Å²) in [6, 6.07) is 5.73. The van der Waals surface area contributed by atoms with Gasteiger partial charge in [-0.2, -0.15) is 0 Å². The van der Waals surface area contributed by atoms with Crippen molar-refractivity contribution in [2.75, 3.05) is 18.9 Å². The summed E-state index contributed by atoms with van der Waals surface area (Å²) in [5, 5.41) is 3.59. The summed E-state index contributed by atoms with van der Waals surface area (Å²) in [6.07, 6.45) is 6.24. The standard InChI is InChI=1S/C16H22FNOS/c17-14-6-3-5-13-15(8-11-20-16(13)14)18-9-7-12-4-1-2-10-19-12/h3,5-6,12,15,18H,1-2,4,7-11H2. The van der Waals surface area contributed by atoms with Crippen molar-refractivity contribution in [3.63, 3.8) is 0 Å². The second kappa shape index (κ2) is 6.92. The van der Waals surface area contributed by atoms with Gasteiger partial charge in [0.1, 0.15) is 5.82 Å². The first-order valence-electron chi connectivity index (χ1n) is 7.61.